The summed E-state index contributed by atoms with van der Waals surface area (Å²) in [7, 11) is 1.67. The van der Waals surface area contributed by atoms with Crippen LogP contribution in [0, 0.1) is 11.3 Å². The number of carbonyl (C=O) groups excluding carboxylic acids is 1. The number of alkyl halides is 2. The summed E-state index contributed by atoms with van der Waals surface area (Å²) in [6.07, 6.45) is 2.78. The molecule has 7 rings (SSSR count). The second-order valence-corrected chi connectivity index (χ2v) is 11.6. The third kappa shape index (κ3) is 3.93. The Morgan fingerprint density at radius 3 is 2.80 bits per heavy atom. The Labute approximate surface area is 231 Å². The fourth-order valence-corrected chi connectivity index (χ4v) is 6.47. The number of benzene rings is 2. The van der Waals surface area contributed by atoms with E-state index in [1.807, 2.05) is 59.3 Å². The Morgan fingerprint density at radius 2 is 2.02 bits per heavy atom. The molecular formula is C31H32F2N4O3. The van der Waals surface area contributed by atoms with Crippen LogP contribution in [-0.2, 0) is 28.9 Å². The van der Waals surface area contributed by atoms with Gasteiger partial charge in [-0.25, -0.2) is 18.3 Å². The second-order valence-electron chi connectivity index (χ2n) is 11.6. The number of ether oxygens (including phenoxy) is 2. The van der Waals surface area contributed by atoms with Crippen LogP contribution in [0.1, 0.15) is 49.2 Å². The van der Waals surface area contributed by atoms with Crippen molar-refractivity contribution in [2.45, 2.75) is 57.8 Å². The van der Waals surface area contributed by atoms with Gasteiger partial charge in [0, 0.05) is 59.3 Å². The Morgan fingerprint density at radius 1 is 1.20 bits per heavy atom. The second kappa shape index (κ2) is 9.16. The fraction of sp³-hybridized carbons (Fsp3) is 0.419. The topological polar surface area (TPSA) is 72.4 Å². The lowest BCUT2D eigenvalue weighted by Crippen LogP contribution is -2.26. The highest BCUT2D eigenvalue weighted by molar-refractivity contribution is 5.93. The number of H-pyrrole nitrogens is 1. The molecule has 3 atom stereocenters. The van der Waals surface area contributed by atoms with Gasteiger partial charge in [0.05, 0.1) is 5.69 Å². The van der Waals surface area contributed by atoms with Crippen LogP contribution >= 0.6 is 0 Å². The van der Waals surface area contributed by atoms with Gasteiger partial charge in [0.1, 0.15) is 18.5 Å². The highest BCUT2D eigenvalue weighted by Crippen LogP contribution is 2.70. The third-order valence-corrected chi connectivity index (χ3v) is 9.10. The quantitative estimate of drug-likeness (QED) is 0.296. The summed E-state index contributed by atoms with van der Waals surface area (Å²) in [4.78, 5) is 17.6. The molecule has 4 aromatic rings. The minimum Gasteiger partial charge on any atom is -0.444 e. The smallest absolute Gasteiger partial charge is 0.414 e. The van der Waals surface area contributed by atoms with Gasteiger partial charge in [0.15, 0.2) is 0 Å². The average Bonchev–Trinajstić information content (AvgIpc) is 3.34. The molecule has 7 nitrogen and oxygen atoms in total. The number of halogens is 2. The van der Waals surface area contributed by atoms with Gasteiger partial charge in [-0.2, -0.15) is 5.10 Å². The lowest BCUT2D eigenvalue weighted by atomic mass is 9.87. The minimum atomic E-state index is -2.67. The summed E-state index contributed by atoms with van der Waals surface area (Å²) >= 11 is 0. The van der Waals surface area contributed by atoms with E-state index in [1.165, 1.54) is 4.90 Å². The maximum atomic E-state index is 14.8. The normalized spacial score (nSPS) is 24.8. The Hall–Kier alpha value is -3.72. The van der Waals surface area contributed by atoms with Crippen LogP contribution in [0.5, 0.6) is 0 Å². The van der Waals surface area contributed by atoms with Crippen molar-refractivity contribution in [1.82, 2.24) is 14.8 Å². The zero-order valence-corrected chi connectivity index (χ0v) is 22.6. The summed E-state index contributed by atoms with van der Waals surface area (Å²) in [6, 6.07) is 17.2. The summed E-state index contributed by atoms with van der Waals surface area (Å²) < 4.78 is 43.1. The van der Waals surface area contributed by atoms with Crippen molar-refractivity contribution in [3.63, 3.8) is 0 Å². The number of hydrogen-bond acceptors (Lipinski definition) is 4. The molecule has 0 radical (unpaired) electrons. The molecule has 1 unspecified atom stereocenters. The number of hydrogen-bond donors (Lipinski definition) is 1. The van der Waals surface area contributed by atoms with E-state index < -0.39 is 23.3 Å². The molecule has 0 spiro atoms. The summed E-state index contributed by atoms with van der Waals surface area (Å²) in [5.74, 6) is -3.33. The van der Waals surface area contributed by atoms with E-state index in [0.29, 0.717) is 30.8 Å². The van der Waals surface area contributed by atoms with Crippen LogP contribution in [0.3, 0.4) is 0 Å². The average molecular weight is 547 g/mol. The molecule has 1 amide bonds. The molecule has 9 heteroatoms. The first-order chi connectivity index (χ1) is 19.3. The predicted molar refractivity (Wildman–Crippen MR) is 147 cm³/mol. The van der Waals surface area contributed by atoms with Gasteiger partial charge in [0.2, 0.25) is 0 Å². The van der Waals surface area contributed by atoms with Gasteiger partial charge in [-0.05, 0) is 49.4 Å². The van der Waals surface area contributed by atoms with E-state index in [9.17, 15) is 13.6 Å². The molecule has 2 fully saturated rings. The largest absolute Gasteiger partial charge is 0.444 e. The summed E-state index contributed by atoms with van der Waals surface area (Å²) in [6.45, 7) is 2.54. The summed E-state index contributed by atoms with van der Waals surface area (Å²) in [5.41, 5.74) is 4.65. The molecule has 1 saturated heterocycles. The lowest BCUT2D eigenvalue weighted by molar-refractivity contribution is -0.0418. The van der Waals surface area contributed by atoms with E-state index in [4.69, 9.17) is 14.6 Å². The number of rotatable bonds is 5. The fourth-order valence-electron chi connectivity index (χ4n) is 6.47. The van der Waals surface area contributed by atoms with Crippen molar-refractivity contribution in [2.24, 2.45) is 11.3 Å². The minimum absolute atomic E-state index is 0.191. The van der Waals surface area contributed by atoms with Crippen molar-refractivity contribution in [3.05, 3.63) is 71.4 Å². The molecule has 208 valence electrons. The molecule has 2 aromatic carbocycles. The molecule has 2 aliphatic carbocycles. The van der Waals surface area contributed by atoms with E-state index in [-0.39, 0.29) is 12.8 Å². The van der Waals surface area contributed by atoms with Crippen LogP contribution in [0.15, 0.2) is 54.6 Å². The number of carbonyl (C=O) groups is 1. The van der Waals surface area contributed by atoms with Crippen LogP contribution in [0.4, 0.5) is 19.3 Å². The van der Waals surface area contributed by atoms with E-state index in [1.54, 1.807) is 14.0 Å². The van der Waals surface area contributed by atoms with Gasteiger partial charge in [-0.3, -0.25) is 4.90 Å². The summed E-state index contributed by atoms with van der Waals surface area (Å²) in [5, 5.41) is 5.93. The zero-order valence-electron chi connectivity index (χ0n) is 22.6. The van der Waals surface area contributed by atoms with E-state index in [2.05, 4.69) is 4.98 Å². The van der Waals surface area contributed by atoms with Gasteiger partial charge < -0.3 is 14.5 Å². The first kappa shape index (κ1) is 25.3. The van der Waals surface area contributed by atoms with Crippen LogP contribution in [-0.4, -0.2) is 40.4 Å². The highest BCUT2D eigenvalue weighted by atomic mass is 19.3. The maximum Gasteiger partial charge on any atom is 0.414 e. The van der Waals surface area contributed by atoms with Crippen LogP contribution in [0.2, 0.25) is 0 Å². The number of anilines is 1. The number of aromatic nitrogens is 3. The van der Waals surface area contributed by atoms with Gasteiger partial charge in [-0.1, -0.05) is 43.3 Å². The first-order valence-corrected chi connectivity index (χ1v) is 13.9. The number of nitrogens with one attached hydrogen (secondary N) is 1. The van der Waals surface area contributed by atoms with Crippen LogP contribution in [0.25, 0.3) is 22.3 Å². The number of amides is 1. The molecule has 3 heterocycles. The zero-order chi connectivity index (χ0) is 27.6. The first-order valence-electron chi connectivity index (χ1n) is 13.9. The van der Waals surface area contributed by atoms with Crippen molar-refractivity contribution < 1.29 is 23.0 Å². The number of nitrogens with zero attached hydrogens (tertiary/aromatic N) is 3. The predicted octanol–water partition coefficient (Wildman–Crippen LogP) is 6.87. The molecule has 1 saturated carbocycles. The van der Waals surface area contributed by atoms with Crippen molar-refractivity contribution in [2.75, 3.05) is 18.6 Å². The lowest BCUT2D eigenvalue weighted by Gasteiger charge is -2.26. The monoisotopic (exact) mass is 546 g/mol. The molecule has 1 N–H and O–H groups in total. The van der Waals surface area contributed by atoms with Crippen molar-refractivity contribution in [1.29, 1.82) is 0 Å². The molecule has 2 aromatic heterocycles. The number of aromatic amines is 1. The van der Waals surface area contributed by atoms with Crippen LogP contribution < -0.4 is 4.90 Å². The van der Waals surface area contributed by atoms with Crippen molar-refractivity contribution >= 4 is 22.7 Å². The molecule has 0 bridgehead atoms. The SMILES string of the molecule is CN(C(=O)OCc1ccccc1)c1ccc2cc(-c3nn(C4CCCCO4)c4c3C[C@@H]3C(F)(F)[C@]3(C)C4)[nH]c2c1. The van der Waals surface area contributed by atoms with Gasteiger partial charge >= 0.3 is 6.09 Å². The maximum absolute atomic E-state index is 14.8. The third-order valence-electron chi connectivity index (χ3n) is 9.10. The molecule has 1 aliphatic heterocycles. The Balaban J connectivity index is 1.19. The molecule has 3 aliphatic rings. The van der Waals surface area contributed by atoms with Crippen molar-refractivity contribution in [3.8, 4) is 11.4 Å². The molecule has 40 heavy (non-hydrogen) atoms. The molecular weight excluding hydrogens is 514 g/mol. The van der Waals surface area contributed by atoms with Gasteiger partial charge in [-0.15, -0.1) is 0 Å². The Kier molecular flexibility index (Phi) is 5.78. The van der Waals surface area contributed by atoms with E-state index in [0.717, 1.165) is 52.7 Å². The standard InChI is InChI=1S/C31H32F2N4O3/c1-30-17-25-22(16-26(30)31(30,32)33)28(35-37(25)27-10-6-7-13-39-27)24-14-20-11-12-21(15-23(20)34-24)36(2)29(38)40-18-19-8-4-3-5-9-19/h3-5,8-9,11-12,14-15,26-27,34H,6-7,10,13,16-18H2,1-2H3/t26-,27?,30+/m0/s1. The highest BCUT2D eigenvalue weighted by Gasteiger charge is 2.78. The number of fused-ring (bicyclic) bond motifs is 3. The van der Waals surface area contributed by atoms with Gasteiger partial charge in [0.25, 0.3) is 5.92 Å². The van der Waals surface area contributed by atoms with E-state index >= 15 is 0 Å². The Bertz CT molecular complexity index is 1590.